The van der Waals surface area contributed by atoms with Crippen molar-refractivity contribution >= 4 is 46.6 Å². The average Bonchev–Trinajstić information content (AvgIpc) is 3.26. The van der Waals surface area contributed by atoms with Gasteiger partial charge < -0.3 is 9.73 Å². The number of halogens is 2. The zero-order chi connectivity index (χ0) is 19.4. The highest BCUT2D eigenvalue weighted by atomic mass is 35.5. The van der Waals surface area contributed by atoms with Crippen LogP contribution in [0.1, 0.15) is 13.8 Å². The first kappa shape index (κ1) is 19.8. The molecule has 6 nitrogen and oxygen atoms in total. The standard InChI is InChI=1S/C18H18Cl2N4O2S/c1-11(2)9-24-17(15-4-3-7-26-15)22-23-18(24)27-10-16(25)21-12-5-6-13(19)14(20)8-12/h3-8,11H,9-10H2,1-2H3,(H,21,25). The third-order valence-corrected chi connectivity index (χ3v) is 5.25. The number of carbonyl (C=O) groups excluding carboxylic acids is 1. The van der Waals surface area contributed by atoms with Gasteiger partial charge in [-0.25, -0.2) is 0 Å². The smallest absolute Gasteiger partial charge is 0.234 e. The third-order valence-electron chi connectivity index (χ3n) is 3.54. The molecule has 1 N–H and O–H groups in total. The molecule has 0 aliphatic heterocycles. The van der Waals surface area contributed by atoms with Crippen LogP contribution in [0.25, 0.3) is 11.6 Å². The van der Waals surface area contributed by atoms with Crippen molar-refractivity contribution in [2.75, 3.05) is 11.1 Å². The van der Waals surface area contributed by atoms with Gasteiger partial charge in [-0.1, -0.05) is 48.8 Å². The minimum atomic E-state index is -0.169. The van der Waals surface area contributed by atoms with Gasteiger partial charge >= 0.3 is 0 Å². The number of aromatic nitrogens is 3. The summed E-state index contributed by atoms with van der Waals surface area (Å²) in [5, 5.41) is 12.8. The highest BCUT2D eigenvalue weighted by Gasteiger charge is 2.18. The van der Waals surface area contributed by atoms with Crippen LogP contribution in [-0.2, 0) is 11.3 Å². The molecule has 0 fully saturated rings. The lowest BCUT2D eigenvalue weighted by molar-refractivity contribution is -0.113. The molecule has 0 spiro atoms. The molecule has 0 atom stereocenters. The first-order valence-corrected chi connectivity index (χ1v) is 10.0. The molecule has 2 aromatic heterocycles. The van der Waals surface area contributed by atoms with E-state index in [1.165, 1.54) is 11.8 Å². The van der Waals surface area contributed by atoms with E-state index < -0.39 is 0 Å². The fourth-order valence-corrected chi connectivity index (χ4v) is 3.46. The average molecular weight is 425 g/mol. The molecule has 27 heavy (non-hydrogen) atoms. The number of nitrogens with one attached hydrogen (secondary N) is 1. The van der Waals surface area contributed by atoms with E-state index in [0.717, 1.165) is 6.54 Å². The summed E-state index contributed by atoms with van der Waals surface area (Å²) in [6.45, 7) is 4.94. The Balaban J connectivity index is 1.69. The molecular weight excluding hydrogens is 407 g/mol. The molecule has 0 unspecified atom stereocenters. The van der Waals surface area contributed by atoms with Gasteiger partial charge in [-0.3, -0.25) is 9.36 Å². The normalized spacial score (nSPS) is 11.1. The zero-order valence-electron chi connectivity index (χ0n) is 14.8. The lowest BCUT2D eigenvalue weighted by Gasteiger charge is -2.11. The number of carbonyl (C=O) groups is 1. The predicted molar refractivity (Wildman–Crippen MR) is 108 cm³/mol. The molecule has 0 saturated heterocycles. The van der Waals surface area contributed by atoms with Gasteiger partial charge in [0.1, 0.15) is 0 Å². The SMILES string of the molecule is CC(C)Cn1c(SCC(=O)Nc2ccc(Cl)c(Cl)c2)nnc1-c1ccco1. The number of hydrogen-bond acceptors (Lipinski definition) is 5. The van der Waals surface area contributed by atoms with Crippen molar-refractivity contribution in [2.45, 2.75) is 25.5 Å². The first-order chi connectivity index (χ1) is 12.9. The quantitative estimate of drug-likeness (QED) is 0.525. The topological polar surface area (TPSA) is 73.0 Å². The minimum Gasteiger partial charge on any atom is -0.461 e. The van der Waals surface area contributed by atoms with Crippen molar-refractivity contribution in [3.05, 3.63) is 46.6 Å². The fraction of sp³-hybridized carbons (Fsp3) is 0.278. The van der Waals surface area contributed by atoms with Crippen molar-refractivity contribution < 1.29 is 9.21 Å². The summed E-state index contributed by atoms with van der Waals surface area (Å²) in [6, 6.07) is 8.60. The number of nitrogens with zero attached hydrogens (tertiary/aromatic N) is 3. The van der Waals surface area contributed by atoms with Crippen LogP contribution in [0.2, 0.25) is 10.0 Å². The molecule has 1 amide bonds. The maximum absolute atomic E-state index is 12.3. The lowest BCUT2D eigenvalue weighted by atomic mass is 10.2. The van der Waals surface area contributed by atoms with Gasteiger partial charge in [-0.05, 0) is 36.2 Å². The Morgan fingerprint density at radius 2 is 2.07 bits per heavy atom. The molecule has 0 bridgehead atoms. The number of amides is 1. The van der Waals surface area contributed by atoms with Gasteiger partial charge in [0.25, 0.3) is 0 Å². The van der Waals surface area contributed by atoms with Crippen LogP contribution in [0, 0.1) is 5.92 Å². The van der Waals surface area contributed by atoms with Crippen LogP contribution in [0.5, 0.6) is 0 Å². The van der Waals surface area contributed by atoms with Crippen LogP contribution >= 0.6 is 35.0 Å². The second-order valence-corrected chi connectivity index (χ2v) is 8.01. The van der Waals surface area contributed by atoms with E-state index in [0.29, 0.717) is 38.4 Å². The summed E-state index contributed by atoms with van der Waals surface area (Å²) in [7, 11) is 0. The third kappa shape index (κ3) is 5.06. The number of rotatable bonds is 7. The second kappa shape index (κ2) is 8.82. The maximum atomic E-state index is 12.3. The molecular formula is C18H18Cl2N4O2S. The predicted octanol–water partition coefficient (Wildman–Crippen LogP) is 5.23. The Morgan fingerprint density at radius 1 is 1.26 bits per heavy atom. The van der Waals surface area contributed by atoms with Crippen LogP contribution in [0.15, 0.2) is 46.2 Å². The van der Waals surface area contributed by atoms with Crippen LogP contribution in [0.4, 0.5) is 5.69 Å². The Labute approximate surface area is 171 Å². The number of anilines is 1. The Kier molecular flexibility index (Phi) is 6.46. The Hall–Kier alpha value is -1.96. The van der Waals surface area contributed by atoms with Crippen molar-refractivity contribution in [1.82, 2.24) is 14.8 Å². The monoisotopic (exact) mass is 424 g/mol. The van der Waals surface area contributed by atoms with Gasteiger partial charge in [0.15, 0.2) is 16.7 Å². The Bertz CT molecular complexity index is 926. The van der Waals surface area contributed by atoms with Gasteiger partial charge in [-0.15, -0.1) is 10.2 Å². The van der Waals surface area contributed by atoms with Crippen LogP contribution in [0.3, 0.4) is 0 Å². The van der Waals surface area contributed by atoms with E-state index in [1.807, 2.05) is 10.6 Å². The zero-order valence-corrected chi connectivity index (χ0v) is 17.1. The largest absolute Gasteiger partial charge is 0.461 e. The minimum absolute atomic E-state index is 0.169. The molecule has 0 aliphatic carbocycles. The van der Waals surface area contributed by atoms with Crippen LogP contribution in [-0.4, -0.2) is 26.4 Å². The highest BCUT2D eigenvalue weighted by Crippen LogP contribution is 2.27. The van der Waals surface area contributed by atoms with Gasteiger partial charge in [-0.2, -0.15) is 0 Å². The number of thioether (sulfide) groups is 1. The first-order valence-electron chi connectivity index (χ1n) is 8.29. The Morgan fingerprint density at radius 3 is 2.74 bits per heavy atom. The van der Waals surface area contributed by atoms with Crippen LogP contribution < -0.4 is 5.32 Å². The fourth-order valence-electron chi connectivity index (χ4n) is 2.41. The molecule has 1 aromatic carbocycles. The molecule has 3 rings (SSSR count). The molecule has 0 radical (unpaired) electrons. The van der Waals surface area contributed by atoms with Gasteiger partial charge in [0.2, 0.25) is 5.91 Å². The summed E-state index contributed by atoms with van der Waals surface area (Å²) in [6.07, 6.45) is 1.60. The summed E-state index contributed by atoms with van der Waals surface area (Å²) in [5.41, 5.74) is 0.593. The lowest BCUT2D eigenvalue weighted by Crippen LogP contribution is -2.15. The van der Waals surface area contributed by atoms with E-state index in [4.69, 9.17) is 27.6 Å². The number of furan rings is 1. The van der Waals surface area contributed by atoms with E-state index in [1.54, 1.807) is 30.5 Å². The molecule has 3 aromatic rings. The van der Waals surface area contributed by atoms with Crippen molar-refractivity contribution in [1.29, 1.82) is 0 Å². The van der Waals surface area contributed by atoms with Gasteiger partial charge in [0, 0.05) is 12.2 Å². The summed E-state index contributed by atoms with van der Waals surface area (Å²) >= 11 is 13.2. The molecule has 0 saturated carbocycles. The molecule has 2 heterocycles. The highest BCUT2D eigenvalue weighted by molar-refractivity contribution is 7.99. The maximum Gasteiger partial charge on any atom is 0.234 e. The van der Waals surface area contributed by atoms with E-state index in [9.17, 15) is 4.79 Å². The molecule has 9 heteroatoms. The second-order valence-electron chi connectivity index (χ2n) is 6.25. The van der Waals surface area contributed by atoms with E-state index >= 15 is 0 Å². The van der Waals surface area contributed by atoms with Crippen molar-refractivity contribution in [3.63, 3.8) is 0 Å². The summed E-state index contributed by atoms with van der Waals surface area (Å²) < 4.78 is 7.42. The number of hydrogen-bond donors (Lipinski definition) is 1. The van der Waals surface area contributed by atoms with E-state index in [-0.39, 0.29) is 11.7 Å². The van der Waals surface area contributed by atoms with Crippen molar-refractivity contribution in [3.8, 4) is 11.6 Å². The summed E-state index contributed by atoms with van der Waals surface area (Å²) in [4.78, 5) is 12.3. The van der Waals surface area contributed by atoms with Crippen molar-refractivity contribution in [2.24, 2.45) is 5.92 Å². The van der Waals surface area contributed by atoms with E-state index in [2.05, 4.69) is 29.4 Å². The molecule has 142 valence electrons. The number of benzene rings is 1. The van der Waals surface area contributed by atoms with Gasteiger partial charge in [0.05, 0.1) is 22.1 Å². The molecule has 0 aliphatic rings. The summed E-state index contributed by atoms with van der Waals surface area (Å²) in [5.74, 6) is 1.71.